The topological polar surface area (TPSA) is 58.2 Å². The van der Waals surface area contributed by atoms with Gasteiger partial charge in [0, 0.05) is 5.02 Å². The predicted molar refractivity (Wildman–Crippen MR) is 60.1 cm³/mol. The van der Waals surface area contributed by atoms with E-state index in [-0.39, 0.29) is 5.91 Å². The van der Waals surface area contributed by atoms with Crippen molar-refractivity contribution in [2.24, 2.45) is 0 Å². The summed E-state index contributed by atoms with van der Waals surface area (Å²) in [6, 6.07) is 6.44. The van der Waals surface area contributed by atoms with Crippen LogP contribution in [0, 0.1) is 0 Å². The normalized spacial score (nSPS) is 24.1. The van der Waals surface area contributed by atoms with Crippen LogP contribution in [0.25, 0.3) is 0 Å². The maximum atomic E-state index is 11.8. The minimum absolute atomic E-state index is 0.317. The molecule has 2 rings (SSSR count). The van der Waals surface area contributed by atoms with E-state index >= 15 is 0 Å². The van der Waals surface area contributed by atoms with Crippen LogP contribution in [0.15, 0.2) is 24.3 Å². The average molecular weight is 239 g/mol. The number of carbonyl (C=O) groups is 2. The molecule has 1 aromatic rings. The summed E-state index contributed by atoms with van der Waals surface area (Å²) in [6.07, 6.45) is 0.492. The van der Waals surface area contributed by atoms with Crippen molar-refractivity contribution in [3.05, 3.63) is 34.9 Å². The SMILES string of the molecule is CC[C@@]1(c2ccc(Cl)cc2)NC(=O)NC1=O. The summed E-state index contributed by atoms with van der Waals surface area (Å²) in [7, 11) is 0. The van der Waals surface area contributed by atoms with Gasteiger partial charge in [0.15, 0.2) is 0 Å². The third kappa shape index (κ3) is 1.55. The molecule has 1 aliphatic rings. The van der Waals surface area contributed by atoms with Gasteiger partial charge in [0.2, 0.25) is 0 Å². The second-order valence-electron chi connectivity index (χ2n) is 3.67. The lowest BCUT2D eigenvalue weighted by Crippen LogP contribution is -2.43. The number of benzene rings is 1. The lowest BCUT2D eigenvalue weighted by molar-refractivity contribution is -0.124. The van der Waals surface area contributed by atoms with E-state index in [1.165, 1.54) is 0 Å². The van der Waals surface area contributed by atoms with Crippen LogP contribution in [0.5, 0.6) is 0 Å². The number of hydrogen-bond donors (Lipinski definition) is 2. The highest BCUT2D eigenvalue weighted by Gasteiger charge is 2.45. The van der Waals surface area contributed by atoms with Crippen LogP contribution in [-0.2, 0) is 10.3 Å². The number of amides is 3. The Balaban J connectivity index is 2.46. The van der Waals surface area contributed by atoms with Crippen molar-refractivity contribution in [2.45, 2.75) is 18.9 Å². The summed E-state index contributed by atoms with van der Waals surface area (Å²) in [5.74, 6) is -0.317. The Morgan fingerprint density at radius 2 is 1.88 bits per heavy atom. The maximum Gasteiger partial charge on any atom is 0.322 e. The zero-order valence-corrected chi connectivity index (χ0v) is 9.47. The molecule has 2 N–H and O–H groups in total. The summed E-state index contributed by atoms with van der Waals surface area (Å²) in [4.78, 5) is 23.0. The molecule has 1 fully saturated rings. The highest BCUT2D eigenvalue weighted by molar-refractivity contribution is 6.30. The van der Waals surface area contributed by atoms with Gasteiger partial charge in [-0.1, -0.05) is 30.7 Å². The van der Waals surface area contributed by atoms with Crippen LogP contribution in [0.4, 0.5) is 4.79 Å². The van der Waals surface area contributed by atoms with E-state index in [2.05, 4.69) is 10.6 Å². The minimum Gasteiger partial charge on any atom is -0.319 e. The Labute approximate surface area is 98.0 Å². The van der Waals surface area contributed by atoms with E-state index in [9.17, 15) is 9.59 Å². The van der Waals surface area contributed by atoms with E-state index in [0.29, 0.717) is 11.4 Å². The smallest absolute Gasteiger partial charge is 0.319 e. The number of urea groups is 1. The largest absolute Gasteiger partial charge is 0.322 e. The molecular formula is C11H11ClN2O2. The molecule has 0 unspecified atom stereocenters. The fraction of sp³-hybridized carbons (Fsp3) is 0.273. The van der Waals surface area contributed by atoms with Crippen molar-refractivity contribution in [1.82, 2.24) is 10.6 Å². The fourth-order valence-electron chi connectivity index (χ4n) is 1.88. The van der Waals surface area contributed by atoms with Crippen molar-refractivity contribution in [1.29, 1.82) is 0 Å². The van der Waals surface area contributed by atoms with Gasteiger partial charge in [0.25, 0.3) is 5.91 Å². The second kappa shape index (κ2) is 3.79. The molecule has 0 saturated carbocycles. The first-order chi connectivity index (χ1) is 7.58. The monoisotopic (exact) mass is 238 g/mol. The van der Waals surface area contributed by atoms with Gasteiger partial charge in [-0.3, -0.25) is 10.1 Å². The third-order valence-corrected chi connectivity index (χ3v) is 3.06. The van der Waals surface area contributed by atoms with Crippen molar-refractivity contribution >= 4 is 23.5 Å². The van der Waals surface area contributed by atoms with Crippen molar-refractivity contribution in [2.75, 3.05) is 0 Å². The Hall–Kier alpha value is -1.55. The molecule has 84 valence electrons. The van der Waals surface area contributed by atoms with Gasteiger partial charge in [0.1, 0.15) is 5.54 Å². The zero-order valence-electron chi connectivity index (χ0n) is 8.71. The molecule has 1 heterocycles. The summed E-state index contributed by atoms with van der Waals surface area (Å²) in [6.45, 7) is 1.85. The Bertz CT molecular complexity index is 444. The third-order valence-electron chi connectivity index (χ3n) is 2.81. The lowest BCUT2D eigenvalue weighted by Gasteiger charge is -2.24. The predicted octanol–water partition coefficient (Wildman–Crippen LogP) is 1.78. The second-order valence-corrected chi connectivity index (χ2v) is 4.11. The Morgan fingerprint density at radius 3 is 2.31 bits per heavy atom. The number of halogens is 1. The summed E-state index contributed by atoms with van der Waals surface area (Å²) < 4.78 is 0. The first-order valence-corrected chi connectivity index (χ1v) is 5.36. The number of hydrogen-bond acceptors (Lipinski definition) is 2. The number of rotatable bonds is 2. The highest BCUT2D eigenvalue weighted by atomic mass is 35.5. The van der Waals surface area contributed by atoms with Gasteiger partial charge < -0.3 is 5.32 Å². The molecule has 0 radical (unpaired) electrons. The van der Waals surface area contributed by atoms with Gasteiger partial charge in [-0.2, -0.15) is 0 Å². The number of nitrogens with one attached hydrogen (secondary N) is 2. The van der Waals surface area contributed by atoms with Crippen LogP contribution >= 0.6 is 11.6 Å². The van der Waals surface area contributed by atoms with E-state index in [1.807, 2.05) is 6.92 Å². The highest BCUT2D eigenvalue weighted by Crippen LogP contribution is 2.29. The zero-order chi connectivity index (χ0) is 11.8. The Kier molecular flexibility index (Phi) is 2.59. The molecular weight excluding hydrogens is 228 g/mol. The summed E-state index contributed by atoms with van der Waals surface area (Å²) in [5, 5.41) is 5.51. The van der Waals surface area contributed by atoms with Crippen LogP contribution in [0.3, 0.4) is 0 Å². The van der Waals surface area contributed by atoms with Crippen molar-refractivity contribution < 1.29 is 9.59 Å². The fourth-order valence-corrected chi connectivity index (χ4v) is 2.01. The van der Waals surface area contributed by atoms with Crippen LogP contribution < -0.4 is 10.6 Å². The van der Waals surface area contributed by atoms with Gasteiger partial charge in [-0.25, -0.2) is 4.79 Å². The molecule has 5 heteroatoms. The van der Waals surface area contributed by atoms with Crippen LogP contribution in [0.1, 0.15) is 18.9 Å². The molecule has 0 spiro atoms. The van der Waals surface area contributed by atoms with Gasteiger partial charge >= 0.3 is 6.03 Å². The molecule has 0 aliphatic carbocycles. The standard InChI is InChI=1S/C11H11ClN2O2/c1-2-11(9(15)13-10(16)14-11)7-3-5-8(12)6-4-7/h3-6H,2H2,1H3,(H2,13,14,15,16)/t11-/m0/s1. The molecule has 1 aliphatic heterocycles. The van der Waals surface area contributed by atoms with Crippen molar-refractivity contribution in [3.8, 4) is 0 Å². The molecule has 1 saturated heterocycles. The quantitative estimate of drug-likeness (QED) is 0.772. The van der Waals surface area contributed by atoms with Gasteiger partial charge in [0.05, 0.1) is 0 Å². The first-order valence-electron chi connectivity index (χ1n) is 4.98. The molecule has 0 aromatic heterocycles. The van der Waals surface area contributed by atoms with E-state index < -0.39 is 11.6 Å². The molecule has 1 atom stereocenters. The van der Waals surface area contributed by atoms with E-state index in [1.54, 1.807) is 24.3 Å². The summed E-state index contributed by atoms with van der Waals surface area (Å²) >= 11 is 5.78. The van der Waals surface area contributed by atoms with E-state index in [0.717, 1.165) is 5.56 Å². The van der Waals surface area contributed by atoms with Crippen LogP contribution in [-0.4, -0.2) is 11.9 Å². The summed E-state index contributed by atoms with van der Waals surface area (Å²) in [5.41, 5.74) is -0.218. The van der Waals surface area contributed by atoms with Crippen LogP contribution in [0.2, 0.25) is 5.02 Å². The molecule has 1 aromatic carbocycles. The van der Waals surface area contributed by atoms with Gasteiger partial charge in [-0.05, 0) is 24.1 Å². The first kappa shape index (κ1) is 11.0. The lowest BCUT2D eigenvalue weighted by atomic mass is 9.87. The molecule has 16 heavy (non-hydrogen) atoms. The van der Waals surface area contributed by atoms with Gasteiger partial charge in [-0.15, -0.1) is 0 Å². The molecule has 3 amide bonds. The molecule has 4 nitrogen and oxygen atoms in total. The molecule has 0 bridgehead atoms. The van der Waals surface area contributed by atoms with Crippen molar-refractivity contribution in [3.63, 3.8) is 0 Å². The average Bonchev–Trinajstić information content (AvgIpc) is 2.55. The van der Waals surface area contributed by atoms with E-state index in [4.69, 9.17) is 11.6 Å². The minimum atomic E-state index is -0.957. The maximum absolute atomic E-state index is 11.8. The number of imide groups is 1. The Morgan fingerprint density at radius 1 is 1.25 bits per heavy atom. The number of carbonyl (C=O) groups excluding carboxylic acids is 2.